The van der Waals surface area contributed by atoms with Crippen LogP contribution in [0.15, 0.2) is 30.9 Å². The molecule has 2 aromatic heterocycles. The molecule has 0 amide bonds. The van der Waals surface area contributed by atoms with E-state index in [2.05, 4.69) is 19.9 Å². The van der Waals surface area contributed by atoms with Crippen molar-refractivity contribution in [3.8, 4) is 5.88 Å². The summed E-state index contributed by atoms with van der Waals surface area (Å²) >= 11 is 0. The highest BCUT2D eigenvalue weighted by Crippen LogP contribution is 2.20. The van der Waals surface area contributed by atoms with Gasteiger partial charge in [-0.1, -0.05) is 0 Å². The zero-order valence-corrected chi connectivity index (χ0v) is 11.7. The largest absolute Gasteiger partial charge is 0.476 e. The molecule has 0 unspecified atom stereocenters. The van der Waals surface area contributed by atoms with E-state index in [-0.39, 0.29) is 0 Å². The molecule has 2 heterocycles. The minimum Gasteiger partial charge on any atom is -0.476 e. The van der Waals surface area contributed by atoms with Gasteiger partial charge in [-0.25, -0.2) is 4.98 Å². The topological polar surface area (TPSA) is 78.0 Å². The second kappa shape index (κ2) is 7.37. The Morgan fingerprint density at radius 1 is 1.35 bits per heavy atom. The number of pyridine rings is 1. The van der Waals surface area contributed by atoms with Crippen LogP contribution in [0, 0.1) is 0 Å². The lowest BCUT2D eigenvalue weighted by atomic mass is 10.3. The summed E-state index contributed by atoms with van der Waals surface area (Å²) in [6, 6.07) is 3.68. The Labute approximate surface area is 119 Å². The lowest BCUT2D eigenvalue weighted by Crippen LogP contribution is -2.07. The number of nitrogen functional groups attached to an aromatic ring is 1. The van der Waals surface area contributed by atoms with Crippen LogP contribution in [0.1, 0.15) is 19.8 Å². The maximum atomic E-state index is 5.78. The van der Waals surface area contributed by atoms with E-state index in [4.69, 9.17) is 10.5 Å². The van der Waals surface area contributed by atoms with Crippen LogP contribution < -0.4 is 15.8 Å². The molecule has 6 heteroatoms. The molecular formula is C14H21N5O. The summed E-state index contributed by atoms with van der Waals surface area (Å²) in [5.74, 6) is 1.29. The van der Waals surface area contributed by atoms with Crippen molar-refractivity contribution in [1.82, 2.24) is 14.5 Å². The van der Waals surface area contributed by atoms with E-state index in [1.54, 1.807) is 6.20 Å². The molecule has 0 saturated heterocycles. The van der Waals surface area contributed by atoms with Crippen LogP contribution in [0.3, 0.4) is 0 Å². The van der Waals surface area contributed by atoms with Gasteiger partial charge in [-0.3, -0.25) is 0 Å². The highest BCUT2D eigenvalue weighted by Gasteiger charge is 2.03. The first-order chi connectivity index (χ1) is 9.79. The van der Waals surface area contributed by atoms with Crippen LogP contribution in [0.25, 0.3) is 0 Å². The molecule has 0 radical (unpaired) electrons. The normalized spacial score (nSPS) is 10.4. The molecule has 0 aliphatic rings. The minimum absolute atomic E-state index is 0.496. The van der Waals surface area contributed by atoms with Gasteiger partial charge in [0.25, 0.3) is 0 Å². The molecule has 6 nitrogen and oxygen atoms in total. The first-order valence-electron chi connectivity index (χ1n) is 6.88. The number of ether oxygens (including phenoxy) is 1. The molecule has 0 atom stereocenters. The zero-order chi connectivity index (χ0) is 14.2. The second-order valence-electron chi connectivity index (χ2n) is 4.46. The van der Waals surface area contributed by atoms with Gasteiger partial charge in [0, 0.05) is 25.5 Å². The molecule has 3 N–H and O–H groups in total. The number of unbranched alkanes of at least 4 members (excludes halogenated alkanes) is 1. The average molecular weight is 275 g/mol. The first kappa shape index (κ1) is 14.2. The fourth-order valence-electron chi connectivity index (χ4n) is 1.86. The third kappa shape index (κ3) is 4.15. The van der Waals surface area contributed by atoms with Crippen LogP contribution in [0.4, 0.5) is 11.5 Å². The molecule has 108 valence electrons. The molecule has 20 heavy (non-hydrogen) atoms. The Morgan fingerprint density at radius 2 is 2.25 bits per heavy atom. The maximum absolute atomic E-state index is 5.78. The van der Waals surface area contributed by atoms with Crippen LogP contribution in [-0.2, 0) is 6.54 Å². The average Bonchev–Trinajstić information content (AvgIpc) is 2.95. The van der Waals surface area contributed by atoms with E-state index in [9.17, 15) is 0 Å². The molecule has 0 saturated carbocycles. The third-order valence-corrected chi connectivity index (χ3v) is 2.88. The Hall–Kier alpha value is -2.24. The fraction of sp³-hybridized carbons (Fsp3) is 0.429. The summed E-state index contributed by atoms with van der Waals surface area (Å²) in [6.45, 7) is 4.33. The fourth-order valence-corrected chi connectivity index (χ4v) is 1.86. The highest BCUT2D eigenvalue weighted by molar-refractivity contribution is 5.53. The zero-order valence-electron chi connectivity index (χ0n) is 11.7. The number of nitrogens with one attached hydrogen (secondary N) is 1. The summed E-state index contributed by atoms with van der Waals surface area (Å²) in [5.41, 5.74) is 6.35. The maximum Gasteiger partial charge on any atom is 0.239 e. The van der Waals surface area contributed by atoms with Crippen molar-refractivity contribution < 1.29 is 4.74 Å². The summed E-state index contributed by atoms with van der Waals surface area (Å²) in [4.78, 5) is 8.35. The molecule has 0 fully saturated rings. The lowest BCUT2D eigenvalue weighted by molar-refractivity contribution is 0.329. The summed E-state index contributed by atoms with van der Waals surface area (Å²) < 4.78 is 7.45. The minimum atomic E-state index is 0.496. The van der Waals surface area contributed by atoms with E-state index < -0.39 is 0 Å². The van der Waals surface area contributed by atoms with Crippen molar-refractivity contribution in [3.05, 3.63) is 30.9 Å². The Morgan fingerprint density at radius 3 is 3.00 bits per heavy atom. The van der Waals surface area contributed by atoms with Gasteiger partial charge in [0.15, 0.2) is 0 Å². The van der Waals surface area contributed by atoms with Gasteiger partial charge in [0.05, 0.1) is 18.6 Å². The van der Waals surface area contributed by atoms with Crippen LogP contribution in [0.2, 0.25) is 0 Å². The molecule has 0 bridgehead atoms. The summed E-state index contributed by atoms with van der Waals surface area (Å²) in [6.07, 6.45) is 7.77. The first-order valence-corrected chi connectivity index (χ1v) is 6.88. The number of anilines is 2. The highest BCUT2D eigenvalue weighted by atomic mass is 16.5. The number of nitrogens with zero attached hydrogens (tertiary/aromatic N) is 3. The monoisotopic (exact) mass is 275 g/mol. The number of aromatic nitrogens is 3. The van der Waals surface area contributed by atoms with Crippen molar-refractivity contribution in [3.63, 3.8) is 0 Å². The van der Waals surface area contributed by atoms with Gasteiger partial charge in [-0.15, -0.1) is 0 Å². The summed E-state index contributed by atoms with van der Waals surface area (Å²) in [5, 5.41) is 3.28. The molecule has 0 aliphatic carbocycles. The summed E-state index contributed by atoms with van der Waals surface area (Å²) in [7, 11) is 0. The van der Waals surface area contributed by atoms with Crippen LogP contribution in [-0.4, -0.2) is 27.7 Å². The number of aryl methyl sites for hydroxylation is 1. The van der Waals surface area contributed by atoms with Crippen molar-refractivity contribution in [2.75, 3.05) is 24.2 Å². The van der Waals surface area contributed by atoms with E-state index in [1.165, 1.54) is 0 Å². The predicted octanol–water partition coefficient (Wildman–Crippen LogP) is 2.15. The second-order valence-corrected chi connectivity index (χ2v) is 4.46. The van der Waals surface area contributed by atoms with Gasteiger partial charge in [0.2, 0.25) is 5.88 Å². The van der Waals surface area contributed by atoms with Gasteiger partial charge in [0.1, 0.15) is 5.82 Å². The van der Waals surface area contributed by atoms with E-state index in [0.29, 0.717) is 18.2 Å². The van der Waals surface area contributed by atoms with Crippen molar-refractivity contribution in [2.45, 2.75) is 26.3 Å². The Kier molecular flexibility index (Phi) is 5.23. The number of hydrogen-bond donors (Lipinski definition) is 2. The number of nitrogens with two attached hydrogens (primary N) is 1. The lowest BCUT2D eigenvalue weighted by Gasteiger charge is -2.09. The SMILES string of the molecule is CCOc1nc(NCCCCn2ccnc2)ccc1N. The number of hydrogen-bond acceptors (Lipinski definition) is 5. The number of imidazole rings is 1. The quantitative estimate of drug-likeness (QED) is 0.722. The van der Waals surface area contributed by atoms with Gasteiger partial charge >= 0.3 is 0 Å². The smallest absolute Gasteiger partial charge is 0.239 e. The van der Waals surface area contributed by atoms with Gasteiger partial charge in [-0.2, -0.15) is 4.98 Å². The van der Waals surface area contributed by atoms with Crippen molar-refractivity contribution >= 4 is 11.5 Å². The van der Waals surface area contributed by atoms with Gasteiger partial charge in [-0.05, 0) is 31.9 Å². The van der Waals surface area contributed by atoms with E-state index in [0.717, 1.165) is 31.7 Å². The standard InChI is InChI=1S/C14H21N5O/c1-2-20-14-12(15)5-6-13(18-14)17-7-3-4-9-19-10-8-16-11-19/h5-6,8,10-11H,2-4,7,9,15H2,1H3,(H,17,18). The molecule has 2 aromatic rings. The Balaban J connectivity index is 1.72. The molecule has 0 aromatic carbocycles. The van der Waals surface area contributed by atoms with Crippen LogP contribution >= 0.6 is 0 Å². The molecule has 0 aliphatic heterocycles. The van der Waals surface area contributed by atoms with E-state index in [1.807, 2.05) is 31.6 Å². The predicted molar refractivity (Wildman–Crippen MR) is 79.8 cm³/mol. The van der Waals surface area contributed by atoms with Crippen LogP contribution in [0.5, 0.6) is 5.88 Å². The van der Waals surface area contributed by atoms with E-state index >= 15 is 0 Å². The molecule has 2 rings (SSSR count). The molecular weight excluding hydrogens is 254 g/mol. The Bertz CT molecular complexity index is 512. The molecule has 0 spiro atoms. The van der Waals surface area contributed by atoms with Crippen molar-refractivity contribution in [2.24, 2.45) is 0 Å². The van der Waals surface area contributed by atoms with Crippen molar-refractivity contribution in [1.29, 1.82) is 0 Å². The van der Waals surface area contributed by atoms with Gasteiger partial charge < -0.3 is 20.4 Å². The number of rotatable bonds is 8. The third-order valence-electron chi connectivity index (χ3n) is 2.88.